The number of hydrogen-bond donors (Lipinski definition) is 1. The smallest absolute Gasteiger partial charge is 0.274 e. The number of carbonyl (C=O) groups is 1. The van der Waals surface area contributed by atoms with Crippen molar-refractivity contribution in [3.8, 4) is 0 Å². The fourth-order valence-electron chi connectivity index (χ4n) is 3.42. The van der Waals surface area contributed by atoms with Gasteiger partial charge in [-0.05, 0) is 25.1 Å². The van der Waals surface area contributed by atoms with Gasteiger partial charge in [0.25, 0.3) is 5.91 Å². The van der Waals surface area contributed by atoms with Crippen molar-refractivity contribution in [2.24, 2.45) is 0 Å². The van der Waals surface area contributed by atoms with E-state index in [1.807, 2.05) is 31.2 Å². The lowest BCUT2D eigenvalue weighted by atomic mass is 10.2. The van der Waals surface area contributed by atoms with Crippen molar-refractivity contribution in [1.82, 2.24) is 9.97 Å². The second kappa shape index (κ2) is 8.53. The number of morpholine rings is 2. The SMILES string of the molecule is Cc1cc(C(=O)Nc2ccccc2N2CCOCC2)nc(N2CCOCC2)n1. The van der Waals surface area contributed by atoms with Gasteiger partial charge in [-0.3, -0.25) is 4.79 Å². The molecule has 2 aliphatic rings. The summed E-state index contributed by atoms with van der Waals surface area (Å²) >= 11 is 0. The van der Waals surface area contributed by atoms with Crippen molar-refractivity contribution in [2.45, 2.75) is 6.92 Å². The largest absolute Gasteiger partial charge is 0.378 e. The molecule has 0 radical (unpaired) electrons. The van der Waals surface area contributed by atoms with E-state index in [9.17, 15) is 4.79 Å². The number of para-hydroxylation sites is 2. The van der Waals surface area contributed by atoms with E-state index in [4.69, 9.17) is 9.47 Å². The highest BCUT2D eigenvalue weighted by molar-refractivity contribution is 6.04. The van der Waals surface area contributed by atoms with E-state index in [1.165, 1.54) is 0 Å². The van der Waals surface area contributed by atoms with Gasteiger partial charge in [0, 0.05) is 31.9 Å². The molecule has 8 heteroatoms. The number of nitrogens with zero attached hydrogens (tertiary/aromatic N) is 4. The van der Waals surface area contributed by atoms with Gasteiger partial charge < -0.3 is 24.6 Å². The zero-order valence-electron chi connectivity index (χ0n) is 16.1. The fourth-order valence-corrected chi connectivity index (χ4v) is 3.42. The van der Waals surface area contributed by atoms with E-state index in [-0.39, 0.29) is 5.91 Å². The van der Waals surface area contributed by atoms with Gasteiger partial charge in [-0.25, -0.2) is 9.97 Å². The van der Waals surface area contributed by atoms with E-state index < -0.39 is 0 Å². The molecule has 0 atom stereocenters. The van der Waals surface area contributed by atoms with Gasteiger partial charge >= 0.3 is 0 Å². The van der Waals surface area contributed by atoms with Crippen LogP contribution in [0.5, 0.6) is 0 Å². The summed E-state index contributed by atoms with van der Waals surface area (Å²) in [5.74, 6) is 0.343. The number of rotatable bonds is 4. The number of aryl methyl sites for hydroxylation is 1. The van der Waals surface area contributed by atoms with E-state index >= 15 is 0 Å². The topological polar surface area (TPSA) is 79.8 Å². The van der Waals surface area contributed by atoms with Crippen molar-refractivity contribution in [3.63, 3.8) is 0 Å². The summed E-state index contributed by atoms with van der Waals surface area (Å²) in [6.07, 6.45) is 0. The maximum atomic E-state index is 12.9. The van der Waals surface area contributed by atoms with Crippen LogP contribution in [0.2, 0.25) is 0 Å². The fraction of sp³-hybridized carbons (Fsp3) is 0.450. The molecular formula is C20H25N5O3. The van der Waals surface area contributed by atoms with Crippen LogP contribution in [0.4, 0.5) is 17.3 Å². The second-order valence-corrected chi connectivity index (χ2v) is 6.86. The van der Waals surface area contributed by atoms with Crippen LogP contribution in [0.25, 0.3) is 0 Å². The van der Waals surface area contributed by atoms with Crippen LogP contribution < -0.4 is 15.1 Å². The first-order valence-corrected chi connectivity index (χ1v) is 9.62. The number of amides is 1. The predicted molar refractivity (Wildman–Crippen MR) is 107 cm³/mol. The van der Waals surface area contributed by atoms with Crippen molar-refractivity contribution in [1.29, 1.82) is 0 Å². The molecule has 2 fully saturated rings. The molecule has 0 aliphatic carbocycles. The lowest BCUT2D eigenvalue weighted by Gasteiger charge is -2.30. The van der Waals surface area contributed by atoms with Crippen molar-refractivity contribution in [3.05, 3.63) is 41.7 Å². The standard InChI is InChI=1S/C20H25N5O3/c1-15-14-17(23-20(21-15)25-8-12-28-13-9-25)19(26)22-16-4-2-3-5-18(16)24-6-10-27-11-7-24/h2-5,14H,6-13H2,1H3,(H,22,26). The zero-order valence-corrected chi connectivity index (χ0v) is 16.1. The van der Waals surface area contributed by atoms with Crippen LogP contribution in [0.1, 0.15) is 16.2 Å². The summed E-state index contributed by atoms with van der Waals surface area (Å²) in [6, 6.07) is 9.55. The number of aromatic nitrogens is 2. The molecular weight excluding hydrogens is 358 g/mol. The first-order chi connectivity index (χ1) is 13.7. The van der Waals surface area contributed by atoms with Gasteiger partial charge in [0.2, 0.25) is 5.95 Å². The van der Waals surface area contributed by atoms with Crippen LogP contribution in [0, 0.1) is 6.92 Å². The number of benzene rings is 1. The normalized spacial score (nSPS) is 17.5. The maximum absolute atomic E-state index is 12.9. The van der Waals surface area contributed by atoms with Crippen molar-refractivity contribution >= 4 is 23.2 Å². The Morgan fingerprint density at radius 1 is 0.964 bits per heavy atom. The van der Waals surface area contributed by atoms with Crippen LogP contribution in [0.3, 0.4) is 0 Å². The van der Waals surface area contributed by atoms with E-state index in [0.717, 1.165) is 43.2 Å². The third-order valence-electron chi connectivity index (χ3n) is 4.87. The second-order valence-electron chi connectivity index (χ2n) is 6.86. The average molecular weight is 383 g/mol. The highest BCUT2D eigenvalue weighted by Crippen LogP contribution is 2.27. The van der Waals surface area contributed by atoms with Crippen LogP contribution >= 0.6 is 0 Å². The molecule has 1 amide bonds. The maximum Gasteiger partial charge on any atom is 0.274 e. The quantitative estimate of drug-likeness (QED) is 0.861. The van der Waals surface area contributed by atoms with Gasteiger partial charge in [-0.15, -0.1) is 0 Å². The number of ether oxygens (including phenoxy) is 2. The average Bonchev–Trinajstić information content (AvgIpc) is 2.75. The number of nitrogens with one attached hydrogen (secondary N) is 1. The minimum atomic E-state index is -0.235. The van der Waals surface area contributed by atoms with Gasteiger partial charge in [-0.2, -0.15) is 0 Å². The molecule has 0 saturated carbocycles. The monoisotopic (exact) mass is 383 g/mol. The molecule has 1 N–H and O–H groups in total. The third-order valence-corrected chi connectivity index (χ3v) is 4.87. The Kier molecular flexibility index (Phi) is 5.68. The molecule has 1 aromatic carbocycles. The Morgan fingerprint density at radius 3 is 2.32 bits per heavy atom. The summed E-state index contributed by atoms with van der Waals surface area (Å²) in [4.78, 5) is 26.2. The molecule has 2 aliphatic heterocycles. The molecule has 148 valence electrons. The number of hydrogen-bond acceptors (Lipinski definition) is 7. The summed E-state index contributed by atoms with van der Waals surface area (Å²) in [5.41, 5.74) is 2.91. The zero-order chi connectivity index (χ0) is 19.3. The third kappa shape index (κ3) is 4.23. The predicted octanol–water partition coefficient (Wildman–Crippen LogP) is 1.71. The molecule has 0 spiro atoms. The first-order valence-electron chi connectivity index (χ1n) is 9.62. The molecule has 1 aromatic heterocycles. The summed E-state index contributed by atoms with van der Waals surface area (Å²) in [7, 11) is 0. The summed E-state index contributed by atoms with van der Waals surface area (Å²) in [6.45, 7) is 7.62. The minimum absolute atomic E-state index is 0.235. The number of anilines is 3. The minimum Gasteiger partial charge on any atom is -0.378 e. The molecule has 3 heterocycles. The Labute approximate surface area is 164 Å². The summed E-state index contributed by atoms with van der Waals surface area (Å²) < 4.78 is 10.8. The van der Waals surface area contributed by atoms with Crippen LogP contribution in [-0.2, 0) is 9.47 Å². The van der Waals surface area contributed by atoms with Gasteiger partial charge in [0.1, 0.15) is 5.69 Å². The summed E-state index contributed by atoms with van der Waals surface area (Å²) in [5, 5.41) is 3.03. The molecule has 8 nitrogen and oxygen atoms in total. The molecule has 2 aromatic rings. The Morgan fingerprint density at radius 2 is 1.61 bits per heavy atom. The molecule has 4 rings (SSSR count). The van der Waals surface area contributed by atoms with Crippen molar-refractivity contribution in [2.75, 3.05) is 67.7 Å². The van der Waals surface area contributed by atoms with Gasteiger partial charge in [0.05, 0.1) is 37.8 Å². The van der Waals surface area contributed by atoms with E-state index in [2.05, 4.69) is 25.1 Å². The first kappa shape index (κ1) is 18.6. The van der Waals surface area contributed by atoms with Gasteiger partial charge in [-0.1, -0.05) is 12.1 Å². The van der Waals surface area contributed by atoms with Crippen LogP contribution in [-0.4, -0.2) is 68.5 Å². The Balaban J connectivity index is 1.55. The molecule has 0 unspecified atom stereocenters. The highest BCUT2D eigenvalue weighted by Gasteiger charge is 2.19. The van der Waals surface area contributed by atoms with E-state index in [0.29, 0.717) is 38.1 Å². The number of carbonyl (C=O) groups excluding carboxylic acids is 1. The molecule has 2 saturated heterocycles. The lowest BCUT2D eigenvalue weighted by molar-refractivity contribution is 0.102. The van der Waals surface area contributed by atoms with Crippen molar-refractivity contribution < 1.29 is 14.3 Å². The van der Waals surface area contributed by atoms with Crippen LogP contribution in [0.15, 0.2) is 30.3 Å². The molecule has 28 heavy (non-hydrogen) atoms. The Bertz CT molecular complexity index is 832. The Hall–Kier alpha value is -2.71. The molecule has 0 bridgehead atoms. The lowest BCUT2D eigenvalue weighted by Crippen LogP contribution is -2.38. The van der Waals surface area contributed by atoms with Gasteiger partial charge in [0.15, 0.2) is 0 Å². The van der Waals surface area contributed by atoms with E-state index in [1.54, 1.807) is 6.07 Å². The highest BCUT2D eigenvalue weighted by atomic mass is 16.5.